The molecule has 3 fully saturated rings. The van der Waals surface area contributed by atoms with Gasteiger partial charge in [-0.1, -0.05) is 38.5 Å². The van der Waals surface area contributed by atoms with E-state index in [0.717, 1.165) is 37.2 Å². The summed E-state index contributed by atoms with van der Waals surface area (Å²) >= 11 is 0. The average molecular weight is 371 g/mol. The van der Waals surface area contributed by atoms with Gasteiger partial charge < -0.3 is 9.84 Å². The monoisotopic (exact) mass is 370 g/mol. The molecule has 1 heterocycles. The normalized spacial score (nSPS) is 52.3. The quantitative estimate of drug-likeness (QED) is 0.603. The summed E-state index contributed by atoms with van der Waals surface area (Å²) in [5.74, 6) is 3.03. The molecule has 2 heteroatoms. The van der Waals surface area contributed by atoms with Crippen molar-refractivity contribution < 1.29 is 9.84 Å². The maximum Gasteiger partial charge on any atom is 0.0790 e. The fraction of sp³-hybridized carbons (Fsp3) is 0.840. The van der Waals surface area contributed by atoms with Crippen molar-refractivity contribution >= 4 is 0 Å². The van der Waals surface area contributed by atoms with Gasteiger partial charge in [-0.2, -0.15) is 0 Å². The second-order valence-electron chi connectivity index (χ2n) is 10.9. The van der Waals surface area contributed by atoms with Crippen LogP contribution in [0.5, 0.6) is 0 Å². The van der Waals surface area contributed by atoms with Crippen molar-refractivity contribution in [1.29, 1.82) is 0 Å². The highest BCUT2D eigenvalue weighted by Gasteiger charge is 2.59. The Morgan fingerprint density at radius 1 is 1.04 bits per heavy atom. The molecule has 5 rings (SSSR count). The first kappa shape index (κ1) is 18.4. The van der Waals surface area contributed by atoms with Crippen LogP contribution in [0.4, 0.5) is 0 Å². The molecule has 0 amide bonds. The third kappa shape index (κ3) is 2.65. The Bertz CT molecular complexity index is 657. The van der Waals surface area contributed by atoms with Crippen molar-refractivity contribution in [2.24, 2.45) is 34.5 Å². The van der Waals surface area contributed by atoms with Crippen molar-refractivity contribution in [2.45, 2.75) is 90.8 Å². The van der Waals surface area contributed by atoms with Crippen LogP contribution in [-0.2, 0) is 4.74 Å². The molecule has 5 aliphatic rings. The minimum Gasteiger partial charge on any atom is -0.393 e. The van der Waals surface area contributed by atoms with Crippen LogP contribution in [0.25, 0.3) is 0 Å². The molecule has 0 aromatic heterocycles. The maximum absolute atomic E-state index is 10.3. The molecule has 4 aliphatic carbocycles. The van der Waals surface area contributed by atoms with Crippen molar-refractivity contribution in [3.63, 3.8) is 0 Å². The van der Waals surface area contributed by atoms with Gasteiger partial charge in [-0.3, -0.25) is 0 Å². The third-order valence-corrected chi connectivity index (χ3v) is 9.58. The van der Waals surface area contributed by atoms with E-state index in [2.05, 4.69) is 32.9 Å². The SMILES string of the molecule is CC1C=C2CC(O)CC[C@]2(C)[C@H]2CC[C@]3(C)C(C4CCCCO4)=CC[C@H]3[C@H]12. The first-order valence-electron chi connectivity index (χ1n) is 11.6. The summed E-state index contributed by atoms with van der Waals surface area (Å²) in [5.41, 5.74) is 3.94. The predicted molar refractivity (Wildman–Crippen MR) is 109 cm³/mol. The van der Waals surface area contributed by atoms with Crippen molar-refractivity contribution in [3.8, 4) is 0 Å². The Hall–Kier alpha value is -0.600. The summed E-state index contributed by atoms with van der Waals surface area (Å²) in [4.78, 5) is 0. The molecule has 1 aliphatic heterocycles. The Balaban J connectivity index is 1.46. The molecular weight excluding hydrogens is 332 g/mol. The molecule has 8 atom stereocenters. The zero-order valence-electron chi connectivity index (χ0n) is 17.5. The number of allylic oxidation sites excluding steroid dienone is 2. The van der Waals surface area contributed by atoms with E-state index in [4.69, 9.17) is 4.74 Å². The van der Waals surface area contributed by atoms with Crippen molar-refractivity contribution in [1.82, 2.24) is 0 Å². The van der Waals surface area contributed by atoms with E-state index in [1.165, 1.54) is 44.9 Å². The van der Waals surface area contributed by atoms with Crippen LogP contribution in [-0.4, -0.2) is 23.9 Å². The number of hydrogen-bond acceptors (Lipinski definition) is 2. The summed E-state index contributed by atoms with van der Waals surface area (Å²) < 4.78 is 6.25. The minimum atomic E-state index is -0.106. The Kier molecular flexibility index (Phi) is 4.41. The van der Waals surface area contributed by atoms with Gasteiger partial charge in [0.2, 0.25) is 0 Å². The third-order valence-electron chi connectivity index (χ3n) is 9.58. The highest BCUT2D eigenvalue weighted by Crippen LogP contribution is 2.66. The van der Waals surface area contributed by atoms with Crippen molar-refractivity contribution in [3.05, 3.63) is 23.3 Å². The van der Waals surface area contributed by atoms with Gasteiger partial charge in [0, 0.05) is 6.61 Å². The standard InChI is InChI=1S/C25H38O2/c1-16-14-17-15-18(26)9-11-24(17,2)21-10-12-25(3)19(7-8-20(25)23(16)21)22-6-4-5-13-27-22/h7,14,16,18,20-23,26H,4-6,8-13,15H2,1-3H3/t16?,18?,20-,21-,22?,23-,24-,25+/m0/s1. The van der Waals surface area contributed by atoms with E-state index >= 15 is 0 Å². The second-order valence-corrected chi connectivity index (χ2v) is 10.9. The highest BCUT2D eigenvalue weighted by atomic mass is 16.5. The summed E-state index contributed by atoms with van der Waals surface area (Å²) in [6.07, 6.45) is 16.3. The van der Waals surface area contributed by atoms with E-state index < -0.39 is 0 Å². The molecule has 1 N–H and O–H groups in total. The van der Waals surface area contributed by atoms with Gasteiger partial charge >= 0.3 is 0 Å². The fourth-order valence-corrected chi connectivity index (χ4v) is 8.09. The lowest BCUT2D eigenvalue weighted by atomic mass is 9.45. The molecule has 2 nitrogen and oxygen atoms in total. The molecule has 1 saturated heterocycles. The summed E-state index contributed by atoms with van der Waals surface area (Å²) in [6.45, 7) is 8.53. The van der Waals surface area contributed by atoms with E-state index in [1.54, 1.807) is 11.1 Å². The van der Waals surface area contributed by atoms with Gasteiger partial charge in [0.1, 0.15) is 0 Å². The molecule has 0 bridgehead atoms. The molecule has 3 unspecified atom stereocenters. The minimum absolute atomic E-state index is 0.106. The molecule has 150 valence electrons. The molecule has 0 radical (unpaired) electrons. The smallest absolute Gasteiger partial charge is 0.0790 e. The summed E-state index contributed by atoms with van der Waals surface area (Å²) in [5, 5.41) is 10.3. The lowest BCUT2D eigenvalue weighted by molar-refractivity contribution is -0.0584. The van der Waals surface area contributed by atoms with Gasteiger partial charge in [0.25, 0.3) is 0 Å². The Morgan fingerprint density at radius 2 is 1.85 bits per heavy atom. The molecule has 0 aromatic carbocycles. The van der Waals surface area contributed by atoms with E-state index in [-0.39, 0.29) is 6.10 Å². The first-order valence-corrected chi connectivity index (χ1v) is 11.6. The first-order chi connectivity index (χ1) is 12.9. The van der Waals surface area contributed by atoms with E-state index in [0.29, 0.717) is 22.9 Å². The largest absolute Gasteiger partial charge is 0.393 e. The van der Waals surface area contributed by atoms with Gasteiger partial charge in [0.15, 0.2) is 0 Å². The van der Waals surface area contributed by atoms with E-state index in [9.17, 15) is 5.11 Å². The Morgan fingerprint density at radius 3 is 2.63 bits per heavy atom. The number of fused-ring (bicyclic) bond motifs is 5. The lowest BCUT2D eigenvalue weighted by Gasteiger charge is -2.59. The fourth-order valence-electron chi connectivity index (χ4n) is 8.09. The molecule has 0 aromatic rings. The maximum atomic E-state index is 10.3. The molecule has 2 saturated carbocycles. The van der Waals surface area contributed by atoms with Crippen LogP contribution in [0, 0.1) is 34.5 Å². The van der Waals surface area contributed by atoms with Crippen LogP contribution >= 0.6 is 0 Å². The highest BCUT2D eigenvalue weighted by molar-refractivity contribution is 5.32. The van der Waals surface area contributed by atoms with Gasteiger partial charge in [-0.15, -0.1) is 0 Å². The number of ether oxygens (including phenoxy) is 1. The topological polar surface area (TPSA) is 29.5 Å². The molecule has 27 heavy (non-hydrogen) atoms. The number of rotatable bonds is 1. The summed E-state index contributed by atoms with van der Waals surface area (Å²) in [7, 11) is 0. The van der Waals surface area contributed by atoms with Crippen molar-refractivity contribution in [2.75, 3.05) is 6.61 Å². The van der Waals surface area contributed by atoms with Crippen LogP contribution in [0.2, 0.25) is 0 Å². The van der Waals surface area contributed by atoms with Crippen LogP contribution in [0.15, 0.2) is 23.3 Å². The van der Waals surface area contributed by atoms with Gasteiger partial charge in [-0.25, -0.2) is 0 Å². The van der Waals surface area contributed by atoms with Gasteiger partial charge in [0.05, 0.1) is 12.2 Å². The number of aliphatic hydroxyl groups excluding tert-OH is 1. The Labute approximate surface area is 165 Å². The van der Waals surface area contributed by atoms with Crippen LogP contribution < -0.4 is 0 Å². The zero-order chi connectivity index (χ0) is 18.8. The average Bonchev–Trinajstić information content (AvgIpc) is 3.01. The molecule has 0 spiro atoms. The lowest BCUT2D eigenvalue weighted by Crippen LogP contribution is -2.53. The second kappa shape index (κ2) is 6.46. The predicted octanol–water partition coefficient (Wildman–Crippen LogP) is 5.66. The van der Waals surface area contributed by atoms with Crippen LogP contribution in [0.3, 0.4) is 0 Å². The van der Waals surface area contributed by atoms with Gasteiger partial charge in [-0.05, 0) is 97.9 Å². The zero-order valence-corrected chi connectivity index (χ0v) is 17.5. The molecular formula is C25H38O2. The van der Waals surface area contributed by atoms with Crippen LogP contribution in [0.1, 0.15) is 78.6 Å². The number of aliphatic hydroxyl groups is 1. The van der Waals surface area contributed by atoms with E-state index in [1.807, 2.05) is 0 Å². The number of hydrogen-bond donors (Lipinski definition) is 1. The summed E-state index contributed by atoms with van der Waals surface area (Å²) in [6, 6.07) is 0.